The van der Waals surface area contributed by atoms with E-state index in [9.17, 15) is 4.79 Å². The molecule has 0 saturated heterocycles. The van der Waals surface area contributed by atoms with Gasteiger partial charge in [-0.25, -0.2) is 0 Å². The first kappa shape index (κ1) is 15.8. The fourth-order valence-electron chi connectivity index (χ4n) is 1.80. The largest absolute Gasteiger partial charge is 0.488 e. The van der Waals surface area contributed by atoms with Gasteiger partial charge in [0.05, 0.1) is 5.56 Å². The molecule has 0 amide bonds. The van der Waals surface area contributed by atoms with Crippen molar-refractivity contribution in [3.63, 3.8) is 0 Å². The van der Waals surface area contributed by atoms with Gasteiger partial charge >= 0.3 is 0 Å². The lowest BCUT2D eigenvalue weighted by Crippen LogP contribution is -2.09. The smallest absolute Gasteiger partial charge is 0.192 e. The quantitative estimate of drug-likeness (QED) is 0.739. The van der Waals surface area contributed by atoms with Crippen molar-refractivity contribution in [2.45, 2.75) is 6.61 Å². The van der Waals surface area contributed by atoms with Gasteiger partial charge in [-0.3, -0.25) is 4.79 Å². The highest BCUT2D eigenvalue weighted by Crippen LogP contribution is 2.24. The summed E-state index contributed by atoms with van der Waals surface area (Å²) in [6.07, 6.45) is 0. The van der Waals surface area contributed by atoms with Crippen molar-refractivity contribution in [1.29, 1.82) is 0 Å². The number of halogens is 2. The van der Waals surface area contributed by atoms with Crippen LogP contribution < -0.4 is 4.74 Å². The van der Waals surface area contributed by atoms with Crippen molar-refractivity contribution in [2.75, 3.05) is 13.7 Å². The normalized spacial score (nSPS) is 10.4. The van der Waals surface area contributed by atoms with Crippen molar-refractivity contribution in [1.82, 2.24) is 0 Å². The summed E-state index contributed by atoms with van der Waals surface area (Å²) < 4.78 is 10.6. The molecule has 0 spiro atoms. The van der Waals surface area contributed by atoms with Crippen LogP contribution in [0.1, 0.15) is 15.9 Å². The Balaban J connectivity index is 2.15. The van der Waals surface area contributed by atoms with Gasteiger partial charge < -0.3 is 9.47 Å². The summed E-state index contributed by atoms with van der Waals surface area (Å²) in [4.78, 5) is 12.0. The lowest BCUT2D eigenvalue weighted by atomic mass is 10.1. The maximum absolute atomic E-state index is 12.0. The molecule has 0 fully saturated rings. The molecular formula is C16H14Cl2O3. The number of rotatable bonds is 6. The lowest BCUT2D eigenvalue weighted by Gasteiger charge is -2.11. The molecule has 110 valence electrons. The van der Waals surface area contributed by atoms with Crippen LogP contribution in [0.25, 0.3) is 0 Å². The molecule has 0 unspecified atom stereocenters. The highest BCUT2D eigenvalue weighted by Gasteiger charge is 2.13. The Labute approximate surface area is 133 Å². The van der Waals surface area contributed by atoms with Gasteiger partial charge in [-0.15, -0.1) is 0 Å². The standard InChI is InChI=1S/C16H14Cl2O3/c1-20-10-15(19)14-8-13(18)6-7-16(14)21-9-11-2-4-12(17)5-3-11/h2-8H,9-10H2,1H3. The van der Waals surface area contributed by atoms with Crippen LogP contribution in [0.2, 0.25) is 10.0 Å². The molecule has 0 heterocycles. The van der Waals surface area contributed by atoms with E-state index in [4.69, 9.17) is 32.7 Å². The van der Waals surface area contributed by atoms with E-state index in [0.717, 1.165) is 5.56 Å². The molecule has 0 N–H and O–H groups in total. The predicted molar refractivity (Wildman–Crippen MR) is 83.4 cm³/mol. The van der Waals surface area contributed by atoms with Gasteiger partial charge in [-0.1, -0.05) is 35.3 Å². The van der Waals surface area contributed by atoms with Crippen LogP contribution in [0.15, 0.2) is 42.5 Å². The van der Waals surface area contributed by atoms with Crippen molar-refractivity contribution >= 4 is 29.0 Å². The third-order valence-corrected chi connectivity index (χ3v) is 3.31. The Hall–Kier alpha value is -1.55. The number of hydrogen-bond donors (Lipinski definition) is 0. The molecule has 2 rings (SSSR count). The van der Waals surface area contributed by atoms with Gasteiger partial charge in [-0.05, 0) is 35.9 Å². The van der Waals surface area contributed by atoms with E-state index in [2.05, 4.69) is 0 Å². The molecule has 2 aromatic carbocycles. The summed E-state index contributed by atoms with van der Waals surface area (Å²) in [5.74, 6) is 0.308. The number of carbonyl (C=O) groups is 1. The van der Waals surface area contributed by atoms with E-state index < -0.39 is 0 Å². The van der Waals surface area contributed by atoms with Gasteiger partial charge in [0.15, 0.2) is 5.78 Å². The second-order valence-electron chi connectivity index (χ2n) is 4.41. The van der Waals surface area contributed by atoms with Gasteiger partial charge in [0.25, 0.3) is 0 Å². The summed E-state index contributed by atoms with van der Waals surface area (Å²) >= 11 is 11.8. The Morgan fingerprint density at radius 2 is 1.71 bits per heavy atom. The highest BCUT2D eigenvalue weighted by molar-refractivity contribution is 6.31. The molecule has 0 aliphatic rings. The Morgan fingerprint density at radius 3 is 2.38 bits per heavy atom. The summed E-state index contributed by atoms with van der Waals surface area (Å²) in [7, 11) is 1.47. The van der Waals surface area contributed by atoms with Gasteiger partial charge in [0.2, 0.25) is 0 Å². The molecule has 0 atom stereocenters. The van der Waals surface area contributed by atoms with Crippen molar-refractivity contribution in [3.05, 3.63) is 63.6 Å². The summed E-state index contributed by atoms with van der Waals surface area (Å²) in [5, 5.41) is 1.15. The zero-order valence-electron chi connectivity index (χ0n) is 11.4. The zero-order valence-corrected chi connectivity index (χ0v) is 12.9. The summed E-state index contributed by atoms with van der Waals surface area (Å²) in [6.45, 7) is 0.323. The lowest BCUT2D eigenvalue weighted by molar-refractivity contribution is 0.0843. The average molecular weight is 325 g/mol. The topological polar surface area (TPSA) is 35.5 Å². The minimum atomic E-state index is -0.175. The molecule has 3 nitrogen and oxygen atoms in total. The minimum Gasteiger partial charge on any atom is -0.488 e. The van der Waals surface area contributed by atoms with E-state index in [1.165, 1.54) is 7.11 Å². The van der Waals surface area contributed by atoms with Gasteiger partial charge in [0, 0.05) is 17.2 Å². The van der Waals surface area contributed by atoms with E-state index in [-0.39, 0.29) is 12.4 Å². The molecule has 5 heteroatoms. The first-order valence-corrected chi connectivity index (χ1v) is 7.04. The first-order chi connectivity index (χ1) is 10.1. The van der Waals surface area contributed by atoms with Crippen LogP contribution in [-0.2, 0) is 11.3 Å². The van der Waals surface area contributed by atoms with E-state index in [1.807, 2.05) is 12.1 Å². The second kappa shape index (κ2) is 7.46. The molecular weight excluding hydrogens is 311 g/mol. The number of methoxy groups -OCH3 is 1. The fraction of sp³-hybridized carbons (Fsp3) is 0.188. The number of ketones is 1. The molecule has 0 aromatic heterocycles. The van der Waals surface area contributed by atoms with Crippen LogP contribution in [0.4, 0.5) is 0 Å². The molecule has 2 aromatic rings. The maximum Gasteiger partial charge on any atom is 0.192 e. The molecule has 21 heavy (non-hydrogen) atoms. The maximum atomic E-state index is 12.0. The first-order valence-electron chi connectivity index (χ1n) is 6.29. The molecule has 0 aliphatic heterocycles. The van der Waals surface area contributed by atoms with Crippen LogP contribution >= 0.6 is 23.2 Å². The molecule has 0 saturated carbocycles. The van der Waals surface area contributed by atoms with Crippen molar-refractivity contribution in [2.24, 2.45) is 0 Å². The molecule has 0 radical (unpaired) electrons. The number of Topliss-reactive ketones (excluding diaryl/α,β-unsaturated/α-hetero) is 1. The SMILES string of the molecule is COCC(=O)c1cc(Cl)ccc1OCc1ccc(Cl)cc1. The van der Waals surface area contributed by atoms with E-state index in [1.54, 1.807) is 30.3 Å². The Kier molecular flexibility index (Phi) is 5.62. The van der Waals surface area contributed by atoms with Crippen LogP contribution in [0, 0.1) is 0 Å². The minimum absolute atomic E-state index is 0.0162. The summed E-state index contributed by atoms with van der Waals surface area (Å²) in [6, 6.07) is 12.3. The third kappa shape index (κ3) is 4.46. The van der Waals surface area contributed by atoms with Crippen molar-refractivity contribution < 1.29 is 14.3 Å². The zero-order chi connectivity index (χ0) is 15.2. The van der Waals surface area contributed by atoms with E-state index in [0.29, 0.717) is 28.0 Å². The third-order valence-electron chi connectivity index (χ3n) is 2.83. The van der Waals surface area contributed by atoms with E-state index >= 15 is 0 Å². The number of carbonyl (C=O) groups excluding carboxylic acids is 1. The van der Waals surface area contributed by atoms with Crippen LogP contribution in [0.5, 0.6) is 5.75 Å². The fourth-order valence-corrected chi connectivity index (χ4v) is 2.09. The van der Waals surface area contributed by atoms with Crippen LogP contribution in [0.3, 0.4) is 0 Å². The average Bonchev–Trinajstić information content (AvgIpc) is 2.48. The second-order valence-corrected chi connectivity index (χ2v) is 5.28. The molecule has 0 aliphatic carbocycles. The van der Waals surface area contributed by atoms with Gasteiger partial charge in [-0.2, -0.15) is 0 Å². The summed E-state index contributed by atoms with van der Waals surface area (Å²) in [5.41, 5.74) is 1.37. The van der Waals surface area contributed by atoms with Crippen LogP contribution in [-0.4, -0.2) is 19.5 Å². The van der Waals surface area contributed by atoms with Crippen molar-refractivity contribution in [3.8, 4) is 5.75 Å². The highest BCUT2D eigenvalue weighted by atomic mass is 35.5. The predicted octanol–water partition coefficient (Wildman–Crippen LogP) is 4.40. The number of ether oxygens (including phenoxy) is 2. The molecule has 0 bridgehead atoms. The van der Waals surface area contributed by atoms with Gasteiger partial charge in [0.1, 0.15) is 19.0 Å². The monoisotopic (exact) mass is 324 g/mol. The Morgan fingerprint density at radius 1 is 1.05 bits per heavy atom. The number of hydrogen-bond acceptors (Lipinski definition) is 3. The number of benzene rings is 2. The Bertz CT molecular complexity index is 624.